The van der Waals surface area contributed by atoms with E-state index in [9.17, 15) is 0 Å². The molecule has 86 valence electrons. The summed E-state index contributed by atoms with van der Waals surface area (Å²) in [4.78, 5) is 0. The monoisotopic (exact) mass is 358 g/mol. The second kappa shape index (κ2) is 5.94. The minimum Gasteiger partial charge on any atom is -0.342 e. The molecule has 0 radical (unpaired) electrons. The fourth-order valence-electron chi connectivity index (χ4n) is 1.32. The van der Waals surface area contributed by atoms with Crippen LogP contribution in [-0.4, -0.2) is 11.7 Å². The van der Waals surface area contributed by atoms with Crippen LogP contribution in [0.4, 0.5) is 5.88 Å². The summed E-state index contributed by atoms with van der Waals surface area (Å²) in [5.41, 5.74) is 1.56. The largest absolute Gasteiger partial charge is 0.342 e. The van der Waals surface area contributed by atoms with Gasteiger partial charge in [0.1, 0.15) is 10.7 Å². The van der Waals surface area contributed by atoms with Crippen molar-refractivity contribution in [2.45, 2.75) is 0 Å². The Balaban J connectivity index is 2.23. The van der Waals surface area contributed by atoms with Crippen molar-refractivity contribution in [2.24, 2.45) is 0 Å². The molecule has 0 spiro atoms. The van der Waals surface area contributed by atoms with Crippen LogP contribution in [0.2, 0.25) is 5.02 Å². The van der Waals surface area contributed by atoms with Crippen molar-refractivity contribution in [3.8, 4) is 21.1 Å². The van der Waals surface area contributed by atoms with Crippen molar-refractivity contribution in [1.29, 1.82) is 0 Å². The van der Waals surface area contributed by atoms with Gasteiger partial charge in [-0.25, -0.2) is 0 Å². The molecule has 0 saturated heterocycles. The first-order chi connectivity index (χ1) is 8.33. The van der Waals surface area contributed by atoms with Crippen molar-refractivity contribution >= 4 is 40.1 Å². The highest BCUT2D eigenvalue weighted by atomic mass is 127. The quantitative estimate of drug-likeness (QED) is 0.670. The van der Waals surface area contributed by atoms with Crippen LogP contribution in [0, 0.1) is 9.85 Å². The van der Waals surface area contributed by atoms with Gasteiger partial charge in [-0.1, -0.05) is 53.0 Å². The van der Waals surface area contributed by atoms with Crippen molar-refractivity contribution in [2.75, 3.05) is 11.9 Å². The third kappa shape index (κ3) is 2.93. The average Bonchev–Trinajstić information content (AvgIpc) is 2.73. The number of halogens is 2. The third-order valence-electron chi connectivity index (χ3n) is 2.09. The molecule has 5 heteroatoms. The van der Waals surface area contributed by atoms with E-state index in [-0.39, 0.29) is 0 Å². The lowest BCUT2D eigenvalue weighted by molar-refractivity contribution is 0.436. The summed E-state index contributed by atoms with van der Waals surface area (Å²) in [6, 6.07) is 9.65. The Morgan fingerprint density at radius 3 is 2.82 bits per heavy atom. The molecule has 2 rings (SSSR count). The van der Waals surface area contributed by atoms with Gasteiger partial charge in [-0.15, -0.1) is 0 Å². The second-order valence-corrected chi connectivity index (χ2v) is 4.08. The van der Waals surface area contributed by atoms with E-state index in [4.69, 9.17) is 16.1 Å². The number of nitrogens with one attached hydrogen (secondary N) is 1. The Morgan fingerprint density at radius 1 is 1.35 bits per heavy atom. The van der Waals surface area contributed by atoms with Crippen LogP contribution >= 0.6 is 34.2 Å². The van der Waals surface area contributed by atoms with Crippen molar-refractivity contribution in [3.05, 3.63) is 35.4 Å². The lowest BCUT2D eigenvalue weighted by Crippen LogP contribution is -1.97. The Kier molecular flexibility index (Phi) is 4.29. The molecular formula is C12H8ClIN2O. The van der Waals surface area contributed by atoms with Crippen molar-refractivity contribution in [1.82, 2.24) is 5.16 Å². The standard InChI is InChI=1S/C12H8ClIN2O/c13-10-11(9-5-2-1-3-6-9)16-17-12(10)15-8-4-7-14/h1-3,5-6,15H,8H2. The summed E-state index contributed by atoms with van der Waals surface area (Å²) < 4.78 is 7.88. The van der Waals surface area contributed by atoms with E-state index in [0.29, 0.717) is 23.1 Å². The molecule has 1 aromatic heterocycles. The van der Waals surface area contributed by atoms with E-state index in [2.05, 4.69) is 20.3 Å². The van der Waals surface area contributed by atoms with E-state index in [1.807, 2.05) is 52.9 Å². The molecule has 3 nitrogen and oxygen atoms in total. The number of benzene rings is 1. The van der Waals surface area contributed by atoms with Crippen LogP contribution < -0.4 is 5.32 Å². The minimum atomic E-state index is 0.449. The zero-order valence-corrected chi connectivity index (χ0v) is 11.6. The third-order valence-corrected chi connectivity index (χ3v) is 2.82. The fraction of sp³-hybridized carbons (Fsp3) is 0.0833. The molecule has 0 fully saturated rings. The maximum atomic E-state index is 6.17. The van der Waals surface area contributed by atoms with Crippen molar-refractivity contribution in [3.63, 3.8) is 0 Å². The highest BCUT2D eigenvalue weighted by molar-refractivity contribution is 14.1. The van der Waals surface area contributed by atoms with E-state index in [1.54, 1.807) is 0 Å². The fourth-order valence-corrected chi connectivity index (χ4v) is 1.76. The van der Waals surface area contributed by atoms with Gasteiger partial charge >= 0.3 is 0 Å². The van der Waals surface area contributed by atoms with Crippen LogP contribution in [0.3, 0.4) is 0 Å². The molecule has 0 unspecified atom stereocenters. The van der Waals surface area contributed by atoms with E-state index in [0.717, 1.165) is 5.56 Å². The van der Waals surface area contributed by atoms with E-state index >= 15 is 0 Å². The molecule has 0 bridgehead atoms. The Hall–Kier alpha value is -1.19. The maximum absolute atomic E-state index is 6.17. The van der Waals surface area contributed by atoms with Gasteiger partial charge in [-0.3, -0.25) is 0 Å². The summed E-state index contributed by atoms with van der Waals surface area (Å²) in [5.74, 6) is 3.30. The summed E-state index contributed by atoms with van der Waals surface area (Å²) >= 11 is 8.14. The Bertz CT molecular complexity index is 557. The Morgan fingerprint density at radius 2 is 2.12 bits per heavy atom. The van der Waals surface area contributed by atoms with Crippen LogP contribution in [0.15, 0.2) is 34.9 Å². The summed E-state index contributed by atoms with van der Waals surface area (Å²) in [5, 5.41) is 7.39. The average molecular weight is 359 g/mol. The van der Waals surface area contributed by atoms with Crippen molar-refractivity contribution < 1.29 is 4.52 Å². The van der Waals surface area contributed by atoms with Gasteiger partial charge in [-0.2, -0.15) is 0 Å². The topological polar surface area (TPSA) is 38.1 Å². The molecule has 0 amide bonds. The van der Waals surface area contributed by atoms with E-state index in [1.165, 1.54) is 0 Å². The van der Waals surface area contributed by atoms with Gasteiger partial charge in [0.15, 0.2) is 0 Å². The zero-order valence-electron chi connectivity index (χ0n) is 8.71. The lowest BCUT2D eigenvalue weighted by atomic mass is 10.1. The van der Waals surface area contributed by atoms with E-state index < -0.39 is 0 Å². The number of rotatable bonds is 3. The molecule has 17 heavy (non-hydrogen) atoms. The summed E-state index contributed by atoms with van der Waals surface area (Å²) in [6.45, 7) is 0.478. The minimum absolute atomic E-state index is 0.449. The Labute approximate surface area is 118 Å². The number of nitrogens with zero attached hydrogens (tertiary/aromatic N) is 1. The molecule has 1 N–H and O–H groups in total. The van der Waals surface area contributed by atoms with Gasteiger partial charge in [-0.05, 0) is 3.93 Å². The van der Waals surface area contributed by atoms with Crippen LogP contribution in [0.25, 0.3) is 11.3 Å². The van der Waals surface area contributed by atoms with Crippen LogP contribution in [-0.2, 0) is 0 Å². The van der Waals surface area contributed by atoms with Gasteiger partial charge in [0, 0.05) is 28.2 Å². The van der Waals surface area contributed by atoms with Crippen LogP contribution in [0.5, 0.6) is 0 Å². The molecule has 0 aliphatic heterocycles. The molecule has 0 saturated carbocycles. The maximum Gasteiger partial charge on any atom is 0.244 e. The first kappa shape index (κ1) is 12.3. The van der Waals surface area contributed by atoms with Crippen LogP contribution in [0.1, 0.15) is 0 Å². The first-order valence-corrected chi connectivity index (χ1v) is 6.31. The molecule has 0 aliphatic carbocycles. The highest BCUT2D eigenvalue weighted by Crippen LogP contribution is 2.32. The predicted molar refractivity (Wildman–Crippen MR) is 77.2 cm³/mol. The molecule has 2 aromatic rings. The van der Waals surface area contributed by atoms with Gasteiger partial charge < -0.3 is 9.84 Å². The molecule has 1 heterocycles. The number of anilines is 1. The number of hydrogen-bond acceptors (Lipinski definition) is 3. The zero-order chi connectivity index (χ0) is 12.1. The SMILES string of the molecule is Clc1c(-c2ccccc2)noc1NCC#CI. The van der Waals surface area contributed by atoms with Gasteiger partial charge in [0.2, 0.25) is 5.88 Å². The number of aromatic nitrogens is 1. The first-order valence-electron chi connectivity index (χ1n) is 4.86. The summed E-state index contributed by atoms with van der Waals surface area (Å²) in [6.07, 6.45) is 0. The highest BCUT2D eigenvalue weighted by Gasteiger charge is 2.14. The molecular weight excluding hydrogens is 351 g/mol. The lowest BCUT2D eigenvalue weighted by Gasteiger charge is -1.96. The van der Waals surface area contributed by atoms with Gasteiger partial charge in [0.05, 0.1) is 6.54 Å². The number of hydrogen-bond donors (Lipinski definition) is 1. The predicted octanol–water partition coefficient (Wildman–Crippen LogP) is 3.80. The normalized spacial score (nSPS) is 9.53. The smallest absolute Gasteiger partial charge is 0.244 e. The van der Waals surface area contributed by atoms with Gasteiger partial charge in [0.25, 0.3) is 0 Å². The molecule has 0 aliphatic rings. The summed E-state index contributed by atoms with van der Waals surface area (Å²) in [7, 11) is 0. The molecule has 0 atom stereocenters. The molecule has 1 aromatic carbocycles. The second-order valence-electron chi connectivity index (χ2n) is 3.17.